The Bertz CT molecular complexity index is 607. The molecule has 0 radical (unpaired) electrons. The smallest absolute Gasteiger partial charge is 0.232 e. The van der Waals surface area contributed by atoms with Gasteiger partial charge in [0.2, 0.25) is 11.8 Å². The largest absolute Gasteiger partial charge is 0.491 e. The van der Waals surface area contributed by atoms with Crippen molar-refractivity contribution in [3.8, 4) is 11.6 Å². The lowest BCUT2D eigenvalue weighted by molar-refractivity contribution is 0.217. The van der Waals surface area contributed by atoms with E-state index in [0.717, 1.165) is 17.9 Å². The summed E-state index contributed by atoms with van der Waals surface area (Å²) < 4.78 is 11.7. The van der Waals surface area contributed by atoms with Crippen molar-refractivity contribution < 1.29 is 9.47 Å². The summed E-state index contributed by atoms with van der Waals surface area (Å²) in [7, 11) is 1.57. The van der Waals surface area contributed by atoms with Crippen LogP contribution in [0.5, 0.6) is 11.6 Å². The summed E-state index contributed by atoms with van der Waals surface area (Å²) in [5.74, 6) is 1.77. The average Bonchev–Trinajstić information content (AvgIpc) is 2.49. The van der Waals surface area contributed by atoms with Crippen LogP contribution < -0.4 is 14.8 Å². The second kappa shape index (κ2) is 7.26. The van der Waals surface area contributed by atoms with Crippen molar-refractivity contribution in [2.75, 3.05) is 12.4 Å². The van der Waals surface area contributed by atoms with Gasteiger partial charge >= 0.3 is 0 Å². The molecule has 0 spiro atoms. The zero-order chi connectivity index (χ0) is 15.2. The number of nitrogens with one attached hydrogen (secondary N) is 1. The van der Waals surface area contributed by atoms with Gasteiger partial charge in [0.25, 0.3) is 0 Å². The maximum absolute atomic E-state index is 5.79. The van der Waals surface area contributed by atoms with E-state index in [0.29, 0.717) is 16.3 Å². The molecule has 5 nitrogen and oxygen atoms in total. The van der Waals surface area contributed by atoms with Gasteiger partial charge in [0.05, 0.1) is 23.9 Å². The zero-order valence-corrected chi connectivity index (χ0v) is 13.8. The van der Waals surface area contributed by atoms with Crippen LogP contribution in [0, 0.1) is 0 Å². The Hall–Kier alpha value is -1.82. The summed E-state index contributed by atoms with van der Waals surface area (Å²) in [6.07, 6.45) is 2.79. The van der Waals surface area contributed by atoms with Gasteiger partial charge in [-0.15, -0.1) is 0 Å². The van der Waals surface area contributed by atoms with Crippen molar-refractivity contribution >= 4 is 27.6 Å². The lowest BCUT2D eigenvalue weighted by Gasteiger charge is -2.13. The van der Waals surface area contributed by atoms with Crippen LogP contribution in [-0.2, 0) is 0 Å². The van der Waals surface area contributed by atoms with Crippen LogP contribution in [0.25, 0.3) is 0 Å². The number of halogens is 1. The van der Waals surface area contributed by atoms with Crippen LogP contribution in [0.4, 0.5) is 11.6 Å². The first-order chi connectivity index (χ1) is 10.1. The summed E-state index contributed by atoms with van der Waals surface area (Å²) in [5.41, 5.74) is 0.861. The van der Waals surface area contributed by atoms with Gasteiger partial charge in [-0.2, -0.15) is 4.98 Å². The molecule has 112 valence electrons. The highest BCUT2D eigenvalue weighted by Gasteiger charge is 2.06. The number of ether oxygens (including phenoxy) is 2. The molecule has 0 aliphatic heterocycles. The van der Waals surface area contributed by atoms with Crippen LogP contribution in [0.2, 0.25) is 0 Å². The third-order valence-electron chi connectivity index (χ3n) is 2.91. The predicted molar refractivity (Wildman–Crippen MR) is 86.4 cm³/mol. The highest BCUT2D eigenvalue weighted by atomic mass is 79.9. The van der Waals surface area contributed by atoms with Gasteiger partial charge in [-0.1, -0.05) is 13.0 Å². The summed E-state index contributed by atoms with van der Waals surface area (Å²) in [6.45, 7) is 4.14. The summed E-state index contributed by atoms with van der Waals surface area (Å²) in [5, 5.41) is 3.13. The molecule has 2 aromatic rings. The van der Waals surface area contributed by atoms with E-state index in [1.165, 1.54) is 0 Å². The van der Waals surface area contributed by atoms with E-state index in [1.54, 1.807) is 13.3 Å². The maximum atomic E-state index is 5.79. The molecule has 21 heavy (non-hydrogen) atoms. The topological polar surface area (TPSA) is 56.3 Å². The molecule has 1 aromatic heterocycles. The van der Waals surface area contributed by atoms with Gasteiger partial charge in [-0.3, -0.25) is 0 Å². The first kappa shape index (κ1) is 15.6. The van der Waals surface area contributed by atoms with E-state index in [2.05, 4.69) is 38.1 Å². The molecule has 2 rings (SSSR count). The van der Waals surface area contributed by atoms with Crippen LogP contribution in [0.1, 0.15) is 20.3 Å². The Morgan fingerprint density at radius 3 is 2.90 bits per heavy atom. The molecule has 0 aliphatic carbocycles. The number of anilines is 2. The fraction of sp³-hybridized carbons (Fsp3) is 0.333. The standard InChI is InChI=1S/C15H18BrN3O2/c1-4-10(2)21-12-7-5-6-11(8-12)18-15-17-9-13(16)14(19-15)20-3/h5-10H,4H2,1-3H3,(H,17,18,19). The number of rotatable bonds is 6. The molecule has 1 unspecified atom stereocenters. The fourth-order valence-corrected chi connectivity index (χ4v) is 2.00. The van der Waals surface area contributed by atoms with E-state index in [-0.39, 0.29) is 6.10 Å². The maximum Gasteiger partial charge on any atom is 0.232 e. The molecule has 1 atom stereocenters. The van der Waals surface area contributed by atoms with Crippen molar-refractivity contribution in [3.63, 3.8) is 0 Å². The number of methoxy groups -OCH3 is 1. The minimum atomic E-state index is 0.185. The van der Waals surface area contributed by atoms with Crippen LogP contribution >= 0.6 is 15.9 Å². The van der Waals surface area contributed by atoms with Gasteiger partial charge < -0.3 is 14.8 Å². The number of hydrogen-bond acceptors (Lipinski definition) is 5. The second-order valence-corrected chi connectivity index (χ2v) is 5.39. The molecule has 6 heteroatoms. The Balaban J connectivity index is 2.14. The molecular formula is C15H18BrN3O2. The van der Waals surface area contributed by atoms with Gasteiger partial charge in [0.1, 0.15) is 5.75 Å². The van der Waals surface area contributed by atoms with Gasteiger partial charge in [0.15, 0.2) is 0 Å². The molecule has 0 saturated heterocycles. The van der Waals surface area contributed by atoms with Crippen molar-refractivity contribution in [1.29, 1.82) is 0 Å². The quantitative estimate of drug-likeness (QED) is 0.846. The lowest BCUT2D eigenvalue weighted by atomic mass is 10.3. The highest BCUT2D eigenvalue weighted by molar-refractivity contribution is 9.10. The minimum Gasteiger partial charge on any atom is -0.491 e. The molecule has 1 N–H and O–H groups in total. The van der Waals surface area contributed by atoms with E-state index < -0.39 is 0 Å². The number of hydrogen-bond donors (Lipinski definition) is 1. The zero-order valence-electron chi connectivity index (χ0n) is 12.3. The van der Waals surface area contributed by atoms with Crippen molar-refractivity contribution in [2.45, 2.75) is 26.4 Å². The Morgan fingerprint density at radius 1 is 1.38 bits per heavy atom. The minimum absolute atomic E-state index is 0.185. The Labute approximate surface area is 132 Å². The molecule has 0 saturated carbocycles. The summed E-state index contributed by atoms with van der Waals surface area (Å²) in [4.78, 5) is 8.46. The normalized spacial score (nSPS) is 11.8. The van der Waals surface area contributed by atoms with Crippen LogP contribution in [0.3, 0.4) is 0 Å². The number of benzene rings is 1. The molecule has 1 aromatic carbocycles. The van der Waals surface area contributed by atoms with Gasteiger partial charge in [0, 0.05) is 11.8 Å². The molecule has 0 aliphatic rings. The second-order valence-electron chi connectivity index (χ2n) is 4.54. The number of aromatic nitrogens is 2. The van der Waals surface area contributed by atoms with E-state index in [9.17, 15) is 0 Å². The van der Waals surface area contributed by atoms with Crippen molar-refractivity contribution in [2.24, 2.45) is 0 Å². The van der Waals surface area contributed by atoms with Gasteiger partial charge in [-0.25, -0.2) is 4.98 Å². The van der Waals surface area contributed by atoms with E-state index in [1.807, 2.05) is 31.2 Å². The molecular weight excluding hydrogens is 334 g/mol. The molecule has 0 fully saturated rings. The average molecular weight is 352 g/mol. The third-order valence-corrected chi connectivity index (χ3v) is 3.45. The SMILES string of the molecule is CCC(C)Oc1cccc(Nc2ncc(Br)c(OC)n2)c1. The number of nitrogens with zero attached hydrogens (tertiary/aromatic N) is 2. The molecule has 0 bridgehead atoms. The van der Waals surface area contributed by atoms with E-state index >= 15 is 0 Å². The first-order valence-electron chi connectivity index (χ1n) is 6.72. The first-order valence-corrected chi connectivity index (χ1v) is 7.52. The van der Waals surface area contributed by atoms with Crippen molar-refractivity contribution in [3.05, 3.63) is 34.9 Å². The third kappa shape index (κ3) is 4.32. The monoisotopic (exact) mass is 351 g/mol. The van der Waals surface area contributed by atoms with Crippen LogP contribution in [0.15, 0.2) is 34.9 Å². The van der Waals surface area contributed by atoms with E-state index in [4.69, 9.17) is 9.47 Å². The summed E-state index contributed by atoms with van der Waals surface area (Å²) in [6, 6.07) is 7.71. The lowest BCUT2D eigenvalue weighted by Crippen LogP contribution is -2.09. The van der Waals surface area contributed by atoms with Crippen molar-refractivity contribution in [1.82, 2.24) is 9.97 Å². The predicted octanol–water partition coefficient (Wildman–Crippen LogP) is 4.17. The Kier molecular flexibility index (Phi) is 5.38. The Morgan fingerprint density at radius 2 is 2.19 bits per heavy atom. The molecule has 0 amide bonds. The fourth-order valence-electron chi connectivity index (χ4n) is 1.65. The van der Waals surface area contributed by atoms with Gasteiger partial charge in [-0.05, 0) is 41.4 Å². The van der Waals surface area contributed by atoms with Crippen LogP contribution in [-0.4, -0.2) is 23.2 Å². The highest BCUT2D eigenvalue weighted by Crippen LogP contribution is 2.25. The molecule has 1 heterocycles. The summed E-state index contributed by atoms with van der Waals surface area (Å²) >= 11 is 3.32.